The molecule has 0 N–H and O–H groups in total. The van der Waals surface area contributed by atoms with E-state index in [1.807, 2.05) is 0 Å². The maximum absolute atomic E-state index is 8.69. The maximum Gasteiger partial charge on any atom is 0.334 e. The Morgan fingerprint density at radius 1 is 0.236 bits per heavy atom. The molecule has 0 aliphatic heterocycles. The van der Waals surface area contributed by atoms with Crippen LogP contribution >= 0.6 is 8.60 Å². The van der Waals surface area contributed by atoms with Crippen LogP contribution in [-0.2, 0) is 13.6 Å². The Hall–Kier alpha value is -1.25. The normalized spacial score (nSPS) is 21.8. The van der Waals surface area contributed by atoms with Gasteiger partial charge >= 0.3 is 8.60 Å². The third-order valence-corrected chi connectivity index (χ3v) is 27.7. The van der Waals surface area contributed by atoms with Crippen LogP contribution in [0.2, 0.25) is 0 Å². The van der Waals surface area contributed by atoms with Gasteiger partial charge in [0.1, 0.15) is 0 Å². The van der Waals surface area contributed by atoms with E-state index in [2.05, 4.69) is 203 Å². The van der Waals surface area contributed by atoms with Gasteiger partial charge in [0, 0.05) is 16.2 Å². The van der Waals surface area contributed by atoms with Gasteiger partial charge < -0.3 is 13.6 Å². The Morgan fingerprint density at radius 2 is 0.396 bits per heavy atom. The summed E-state index contributed by atoms with van der Waals surface area (Å²) in [6.07, 6.45) is 85.0. The summed E-state index contributed by atoms with van der Waals surface area (Å²) in [7, 11) is -2.02. The van der Waals surface area contributed by atoms with Gasteiger partial charge in [0.05, 0.1) is 18.3 Å². The Morgan fingerprint density at radius 3 is 0.557 bits per heavy atom. The van der Waals surface area contributed by atoms with Crippen molar-refractivity contribution in [3.63, 3.8) is 0 Å². The molecule has 0 aromatic carbocycles. The number of allylic oxidation sites excluding steroid dienone is 6. The first kappa shape index (κ1) is 98.9. The molecule has 6 unspecified atom stereocenters. The summed E-state index contributed by atoms with van der Waals surface area (Å²) in [5, 5.41) is 0. The van der Waals surface area contributed by atoms with Crippen LogP contribution in [0.3, 0.4) is 0 Å². The largest absolute Gasteiger partial charge is 0.334 e. The highest BCUT2D eigenvalue weighted by atomic mass is 31.2. The van der Waals surface area contributed by atoms with Crippen molar-refractivity contribution >= 4 is 8.60 Å². The summed E-state index contributed by atoms with van der Waals surface area (Å²) in [4.78, 5) is 0. The van der Waals surface area contributed by atoms with E-state index in [1.54, 1.807) is 33.4 Å². The molecular weight excluding hydrogens is 1300 g/mol. The third kappa shape index (κ3) is 32.2. The Bertz CT molecular complexity index is 2200. The minimum absolute atomic E-state index is 0.0288. The fourth-order valence-corrected chi connectivity index (χ4v) is 21.5. The van der Waals surface area contributed by atoms with Crippen LogP contribution in [0.25, 0.3) is 0 Å². The highest BCUT2D eigenvalue weighted by Gasteiger charge is 2.59. The number of hydrogen-bond acceptors (Lipinski definition) is 3. The van der Waals surface area contributed by atoms with E-state index < -0.39 is 8.60 Å². The van der Waals surface area contributed by atoms with E-state index in [9.17, 15) is 0 Å². The second-order valence-corrected chi connectivity index (χ2v) is 42.4. The molecule has 0 saturated carbocycles. The SMILES string of the molecule is CCCCCCCCCCC1=C(C(C)(C)C)C=CC(OP(OC2C=CC(C(C)(C)C)=C(CCCCCCCCCC)C2(CCCCCCCCCC)C(C)(C)C)OC2C=CC(C(C)(C)C)=C(CCCCCCCCCC)C2(CCCCCCCCCC)C(C)(C)C)C1(CCCCCCCCCC)C(C)(C)C. The molecular formula is C102H189O3P. The molecule has 3 aliphatic carbocycles. The summed E-state index contributed by atoms with van der Waals surface area (Å²) in [6.45, 7) is 60.3. The highest BCUT2D eigenvalue weighted by molar-refractivity contribution is 7.41. The molecule has 0 radical (unpaired) electrons. The first-order chi connectivity index (χ1) is 50.3. The van der Waals surface area contributed by atoms with E-state index >= 15 is 0 Å². The topological polar surface area (TPSA) is 27.7 Å². The molecule has 0 amide bonds. The van der Waals surface area contributed by atoms with Crippen LogP contribution in [0, 0.1) is 48.7 Å². The van der Waals surface area contributed by atoms with Crippen molar-refractivity contribution in [1.82, 2.24) is 0 Å². The summed E-state index contributed by atoms with van der Waals surface area (Å²) >= 11 is 0. The number of hydrogen-bond donors (Lipinski definition) is 0. The lowest BCUT2D eigenvalue weighted by Gasteiger charge is -2.57. The molecule has 0 heterocycles. The van der Waals surface area contributed by atoms with E-state index in [0.29, 0.717) is 0 Å². The molecule has 0 saturated heterocycles. The van der Waals surface area contributed by atoms with Gasteiger partial charge in [0.25, 0.3) is 0 Å². The van der Waals surface area contributed by atoms with Crippen LogP contribution in [0.4, 0.5) is 0 Å². The second-order valence-electron chi connectivity index (χ2n) is 41.3. The van der Waals surface area contributed by atoms with Gasteiger partial charge in [-0.1, -0.05) is 508 Å². The van der Waals surface area contributed by atoms with Gasteiger partial charge in [-0.2, -0.15) is 0 Å². The average Bonchev–Trinajstić information content (AvgIpc) is 0.730. The number of rotatable bonds is 60. The predicted octanol–water partition coefficient (Wildman–Crippen LogP) is 36.4. The molecule has 0 aromatic heterocycles. The third-order valence-electron chi connectivity index (χ3n) is 26.5. The van der Waals surface area contributed by atoms with Crippen LogP contribution in [0.1, 0.15) is 513 Å². The van der Waals surface area contributed by atoms with Crippen molar-refractivity contribution in [3.05, 3.63) is 69.9 Å². The van der Waals surface area contributed by atoms with Crippen LogP contribution in [0.5, 0.6) is 0 Å². The number of unbranched alkanes of at least 4 members (excludes halogenated alkanes) is 42. The molecule has 0 spiro atoms. The van der Waals surface area contributed by atoms with E-state index in [1.165, 1.54) is 308 Å². The molecule has 0 aromatic rings. The average molecular weight is 1490 g/mol. The predicted molar refractivity (Wildman–Crippen MR) is 477 cm³/mol. The lowest BCUT2D eigenvalue weighted by atomic mass is 9.52. The molecule has 4 heteroatoms. The molecule has 0 bridgehead atoms. The minimum atomic E-state index is -2.02. The lowest BCUT2D eigenvalue weighted by molar-refractivity contribution is -0.0597. The summed E-state index contributed by atoms with van der Waals surface area (Å²) in [6, 6.07) is 0. The smallest absolute Gasteiger partial charge is 0.304 e. The first-order valence-electron chi connectivity index (χ1n) is 47.4. The lowest BCUT2D eigenvalue weighted by Crippen LogP contribution is -2.52. The molecule has 106 heavy (non-hydrogen) atoms. The maximum atomic E-state index is 8.69. The first-order valence-corrected chi connectivity index (χ1v) is 48.4. The van der Waals surface area contributed by atoms with Gasteiger partial charge in [-0.25, -0.2) is 0 Å². The zero-order valence-corrected chi connectivity index (χ0v) is 77.4. The molecule has 3 aliphatic rings. The fraction of sp³-hybridized carbons (Fsp3) is 0.882. The minimum Gasteiger partial charge on any atom is -0.304 e. The van der Waals surface area contributed by atoms with Gasteiger partial charge in [0.15, 0.2) is 0 Å². The molecule has 3 rings (SSSR count). The molecule has 620 valence electrons. The monoisotopic (exact) mass is 1490 g/mol. The summed E-state index contributed by atoms with van der Waals surface area (Å²) in [5.74, 6) is 0. The fourth-order valence-electron chi connectivity index (χ4n) is 20.1. The van der Waals surface area contributed by atoms with Crippen molar-refractivity contribution in [3.8, 4) is 0 Å². The van der Waals surface area contributed by atoms with E-state index in [4.69, 9.17) is 13.6 Å². The van der Waals surface area contributed by atoms with Crippen LogP contribution < -0.4 is 0 Å². The van der Waals surface area contributed by atoms with Gasteiger partial charge in [-0.05, 0) is 107 Å². The van der Waals surface area contributed by atoms with Gasteiger partial charge in [-0.15, -0.1) is 0 Å². The Labute approximate surface area is 668 Å². The van der Waals surface area contributed by atoms with Crippen molar-refractivity contribution in [2.75, 3.05) is 0 Å². The van der Waals surface area contributed by atoms with Crippen molar-refractivity contribution in [2.24, 2.45) is 48.7 Å². The molecule has 6 atom stereocenters. The quantitative estimate of drug-likeness (QED) is 0.0449. The zero-order valence-electron chi connectivity index (χ0n) is 76.6. The standard InChI is InChI=1S/C102H189O3P/c1-25-31-37-43-49-55-61-67-73-88-85(94(7,8)9)76-79-91(100(88,97(16,17)18)82-70-64-58-52-46-40-34-28-4)103-106(104-92-80-77-86(95(10,11)12)89(74-68-62-56-50-44-38-32-26-2)101(92,98(19,20)21)83-71-65-59-53-47-41-35-29-5)105-93-81-78-87(96(13,14)15)90(75-69-63-57-51-45-39-33-27-3)102(93,99(22,23)24)84-72-66-60-54-48-42-36-30-6/h76-81,91-93H,25-75,82-84H2,1-24H3. The van der Waals surface area contributed by atoms with Gasteiger partial charge in [-0.3, -0.25) is 0 Å². The molecule has 0 fully saturated rings. The Kier molecular flexibility index (Phi) is 48.1. The van der Waals surface area contributed by atoms with Crippen LogP contribution in [0.15, 0.2) is 69.9 Å². The summed E-state index contributed by atoms with van der Waals surface area (Å²) in [5.41, 5.74) is 8.39. The zero-order chi connectivity index (χ0) is 78.8. The van der Waals surface area contributed by atoms with Crippen molar-refractivity contribution < 1.29 is 13.6 Å². The van der Waals surface area contributed by atoms with Gasteiger partial charge in [0.2, 0.25) is 0 Å². The van der Waals surface area contributed by atoms with E-state index in [0.717, 1.165) is 38.5 Å². The van der Waals surface area contributed by atoms with E-state index in [-0.39, 0.29) is 67.0 Å². The highest BCUT2D eigenvalue weighted by Crippen LogP contribution is 2.67. The molecule has 3 nitrogen and oxygen atoms in total. The van der Waals surface area contributed by atoms with Crippen LogP contribution in [-0.4, -0.2) is 18.3 Å². The van der Waals surface area contributed by atoms with Crippen molar-refractivity contribution in [1.29, 1.82) is 0 Å². The summed E-state index contributed by atoms with van der Waals surface area (Å²) < 4.78 is 26.1. The Balaban J connectivity index is 2.64. The second kappa shape index (κ2) is 51.6. The van der Waals surface area contributed by atoms with Crippen molar-refractivity contribution in [2.45, 2.75) is 531 Å².